The molecule has 1 aromatic rings. The molecule has 0 aliphatic carbocycles. The Morgan fingerprint density at radius 1 is 1.17 bits per heavy atom. The molecule has 0 amide bonds. The molecule has 0 saturated carbocycles. The maximum absolute atomic E-state index is 13.2. The van der Waals surface area contributed by atoms with Crippen molar-refractivity contribution in [1.82, 2.24) is 5.32 Å². The zero-order valence-corrected chi connectivity index (χ0v) is 9.90. The molecule has 0 atom stereocenters. The Labute approximate surface area is 106 Å². The van der Waals surface area contributed by atoms with Crippen LogP contribution in [0.2, 0.25) is 0 Å². The zero-order chi connectivity index (χ0) is 13.7. The fraction of sp³-hybridized carbons (Fsp3) is 0.300. The molecule has 4 nitrogen and oxygen atoms in total. The first-order chi connectivity index (χ1) is 8.47. The molecule has 1 rings (SSSR count). The van der Waals surface area contributed by atoms with Crippen molar-refractivity contribution < 1.29 is 23.4 Å². The number of benzene rings is 1. The van der Waals surface area contributed by atoms with E-state index in [1.807, 2.05) is 0 Å². The van der Waals surface area contributed by atoms with Crippen LogP contribution in [0.5, 0.6) is 0 Å². The summed E-state index contributed by atoms with van der Waals surface area (Å²) in [5, 5.41) is 22.0. The summed E-state index contributed by atoms with van der Waals surface area (Å²) in [4.78, 5) is 0. The largest absolute Gasteiger partial charge is 0.394 e. The average molecular weight is 280 g/mol. The van der Waals surface area contributed by atoms with E-state index >= 15 is 0 Å². The Morgan fingerprint density at radius 3 is 2.11 bits per heavy atom. The van der Waals surface area contributed by atoms with Crippen LogP contribution in [0.4, 0.5) is 18.9 Å². The van der Waals surface area contributed by atoms with Gasteiger partial charge in [0.05, 0.1) is 19.3 Å². The van der Waals surface area contributed by atoms with Crippen LogP contribution in [0.1, 0.15) is 0 Å². The first-order valence-corrected chi connectivity index (χ1v) is 5.32. The van der Waals surface area contributed by atoms with Crippen molar-refractivity contribution in [2.24, 2.45) is 0 Å². The maximum Gasteiger partial charge on any atom is 0.171 e. The second-order valence-electron chi connectivity index (χ2n) is 3.40. The second kappa shape index (κ2) is 6.53. The topological polar surface area (TPSA) is 64.5 Å². The molecule has 0 heterocycles. The van der Waals surface area contributed by atoms with Gasteiger partial charge in [0.25, 0.3) is 0 Å². The number of halogens is 3. The van der Waals surface area contributed by atoms with Gasteiger partial charge in [-0.2, -0.15) is 0 Å². The molecule has 0 fully saturated rings. The SMILES string of the molecule is OCC(CO)NC(=S)Nc1c(F)cc(F)cc1F. The molecule has 8 heteroatoms. The van der Waals surface area contributed by atoms with E-state index in [2.05, 4.69) is 10.6 Å². The fourth-order valence-electron chi connectivity index (χ4n) is 1.15. The standard InChI is InChI=1S/C10H11F3N2O2S/c11-5-1-7(12)9(8(13)2-5)15-10(18)14-6(3-16)4-17/h1-2,6,16-17H,3-4H2,(H2,14,15,18). The molecule has 1 aromatic carbocycles. The van der Waals surface area contributed by atoms with Gasteiger partial charge in [0.2, 0.25) is 0 Å². The number of anilines is 1. The molecule has 0 aromatic heterocycles. The molecular formula is C10H11F3N2O2S. The van der Waals surface area contributed by atoms with E-state index in [0.29, 0.717) is 12.1 Å². The summed E-state index contributed by atoms with van der Waals surface area (Å²) in [5.41, 5.74) is -0.608. The fourth-order valence-corrected chi connectivity index (χ4v) is 1.41. The molecule has 0 bridgehead atoms. The van der Waals surface area contributed by atoms with E-state index in [4.69, 9.17) is 22.4 Å². The van der Waals surface area contributed by atoms with Crippen molar-refractivity contribution >= 4 is 23.0 Å². The first kappa shape index (κ1) is 14.7. The van der Waals surface area contributed by atoms with E-state index in [-0.39, 0.29) is 5.11 Å². The van der Waals surface area contributed by atoms with Crippen LogP contribution in [-0.2, 0) is 0 Å². The third-order valence-corrected chi connectivity index (χ3v) is 2.24. The molecule has 4 N–H and O–H groups in total. The number of thiocarbonyl (C=S) groups is 1. The zero-order valence-electron chi connectivity index (χ0n) is 9.08. The summed E-state index contributed by atoms with van der Waals surface area (Å²) >= 11 is 4.73. The molecule has 0 aliphatic heterocycles. The molecule has 0 saturated heterocycles. The second-order valence-corrected chi connectivity index (χ2v) is 3.81. The Bertz CT molecular complexity index is 418. The van der Waals surface area contributed by atoms with Gasteiger partial charge < -0.3 is 20.8 Å². The number of nitrogens with one attached hydrogen (secondary N) is 2. The van der Waals surface area contributed by atoms with Crippen LogP contribution >= 0.6 is 12.2 Å². The van der Waals surface area contributed by atoms with Crippen LogP contribution in [-0.4, -0.2) is 34.6 Å². The van der Waals surface area contributed by atoms with Gasteiger partial charge in [-0.3, -0.25) is 0 Å². The monoisotopic (exact) mass is 280 g/mol. The average Bonchev–Trinajstić information content (AvgIpc) is 2.30. The highest BCUT2D eigenvalue weighted by molar-refractivity contribution is 7.80. The van der Waals surface area contributed by atoms with Crippen LogP contribution in [0.15, 0.2) is 12.1 Å². The van der Waals surface area contributed by atoms with Gasteiger partial charge in [-0.1, -0.05) is 0 Å². The van der Waals surface area contributed by atoms with Crippen LogP contribution < -0.4 is 10.6 Å². The van der Waals surface area contributed by atoms with E-state index < -0.39 is 42.4 Å². The highest BCUT2D eigenvalue weighted by Gasteiger charge is 2.14. The minimum Gasteiger partial charge on any atom is -0.394 e. The Balaban J connectivity index is 2.76. The lowest BCUT2D eigenvalue weighted by Gasteiger charge is -2.17. The van der Waals surface area contributed by atoms with Crippen molar-refractivity contribution in [1.29, 1.82) is 0 Å². The number of aliphatic hydroxyl groups excluding tert-OH is 2. The van der Waals surface area contributed by atoms with Gasteiger partial charge in [-0.05, 0) is 12.2 Å². The molecule has 0 unspecified atom stereocenters. The summed E-state index contributed by atoms with van der Waals surface area (Å²) in [6.07, 6.45) is 0. The Hall–Kier alpha value is -1.38. The molecule has 0 spiro atoms. The predicted molar refractivity (Wildman–Crippen MR) is 63.6 cm³/mol. The predicted octanol–water partition coefficient (Wildman–Crippen LogP) is 0.743. The van der Waals surface area contributed by atoms with E-state index in [1.54, 1.807) is 0 Å². The summed E-state index contributed by atoms with van der Waals surface area (Å²) in [6.45, 7) is -0.820. The first-order valence-electron chi connectivity index (χ1n) is 4.91. The summed E-state index contributed by atoms with van der Waals surface area (Å²) in [7, 11) is 0. The summed E-state index contributed by atoms with van der Waals surface area (Å²) in [6, 6.07) is 0.254. The number of hydrogen-bond acceptors (Lipinski definition) is 3. The normalized spacial score (nSPS) is 10.6. The van der Waals surface area contributed by atoms with Crippen molar-refractivity contribution in [3.63, 3.8) is 0 Å². The van der Waals surface area contributed by atoms with Crippen molar-refractivity contribution in [2.75, 3.05) is 18.5 Å². The molecular weight excluding hydrogens is 269 g/mol. The lowest BCUT2D eigenvalue weighted by molar-refractivity contribution is 0.184. The molecule has 100 valence electrons. The number of hydrogen-bond donors (Lipinski definition) is 4. The van der Waals surface area contributed by atoms with Crippen LogP contribution in [0.25, 0.3) is 0 Å². The van der Waals surface area contributed by atoms with Gasteiger partial charge in [-0.25, -0.2) is 13.2 Å². The highest BCUT2D eigenvalue weighted by Crippen LogP contribution is 2.19. The number of rotatable bonds is 4. The lowest BCUT2D eigenvalue weighted by Crippen LogP contribution is -2.42. The van der Waals surface area contributed by atoms with E-state index in [1.165, 1.54) is 0 Å². The van der Waals surface area contributed by atoms with Crippen LogP contribution in [0, 0.1) is 17.5 Å². The molecule has 0 radical (unpaired) electrons. The van der Waals surface area contributed by atoms with Gasteiger partial charge >= 0.3 is 0 Å². The van der Waals surface area contributed by atoms with Gasteiger partial charge in [0.1, 0.15) is 11.5 Å². The third kappa shape index (κ3) is 3.83. The van der Waals surface area contributed by atoms with Crippen molar-refractivity contribution in [3.05, 3.63) is 29.6 Å². The third-order valence-electron chi connectivity index (χ3n) is 2.02. The maximum atomic E-state index is 13.2. The van der Waals surface area contributed by atoms with Gasteiger partial charge in [0, 0.05) is 12.1 Å². The van der Waals surface area contributed by atoms with E-state index in [0.717, 1.165) is 0 Å². The number of aliphatic hydroxyl groups is 2. The molecule has 18 heavy (non-hydrogen) atoms. The summed E-state index contributed by atoms with van der Waals surface area (Å²) < 4.78 is 39.1. The quantitative estimate of drug-likeness (QED) is 0.613. The van der Waals surface area contributed by atoms with Crippen molar-refractivity contribution in [2.45, 2.75) is 6.04 Å². The van der Waals surface area contributed by atoms with Gasteiger partial charge in [-0.15, -0.1) is 0 Å². The van der Waals surface area contributed by atoms with E-state index in [9.17, 15) is 13.2 Å². The van der Waals surface area contributed by atoms with Gasteiger partial charge in [0.15, 0.2) is 16.7 Å². The summed E-state index contributed by atoms with van der Waals surface area (Å²) in [5.74, 6) is -3.32. The highest BCUT2D eigenvalue weighted by atomic mass is 32.1. The minimum atomic E-state index is -1.14. The van der Waals surface area contributed by atoms with Crippen LogP contribution in [0.3, 0.4) is 0 Å². The lowest BCUT2D eigenvalue weighted by atomic mass is 10.3. The van der Waals surface area contributed by atoms with Crippen molar-refractivity contribution in [3.8, 4) is 0 Å². The molecule has 0 aliphatic rings. The minimum absolute atomic E-state index is 0.201. The Kier molecular flexibility index (Phi) is 5.32. The Morgan fingerprint density at radius 2 is 1.67 bits per heavy atom. The smallest absolute Gasteiger partial charge is 0.171 e.